The smallest absolute Gasteiger partial charge is 0.308 e. The Morgan fingerprint density at radius 2 is 2.09 bits per heavy atom. The van der Waals surface area contributed by atoms with Crippen molar-refractivity contribution in [3.63, 3.8) is 0 Å². The average Bonchev–Trinajstić information content (AvgIpc) is 2.55. The fourth-order valence-corrected chi connectivity index (χ4v) is 2.70. The molecule has 2 rings (SSSR count). The zero-order chi connectivity index (χ0) is 16.1. The first-order chi connectivity index (χ1) is 10.5. The summed E-state index contributed by atoms with van der Waals surface area (Å²) in [5.41, 5.74) is 0. The topological polar surface area (TPSA) is 86.6 Å². The number of carbonyl (C=O) groups excluding carboxylic acids is 1. The monoisotopic (exact) mass is 306 g/mol. The SMILES string of the molecule is CC(CN(C)C(=O)C1CCN(c2cnccn2)CC1)C(=O)O. The van der Waals surface area contributed by atoms with Crippen LogP contribution in [0.1, 0.15) is 19.8 Å². The van der Waals surface area contributed by atoms with Crippen LogP contribution in [0.5, 0.6) is 0 Å². The largest absolute Gasteiger partial charge is 0.481 e. The van der Waals surface area contributed by atoms with Gasteiger partial charge in [0.2, 0.25) is 5.91 Å². The number of aliphatic carboxylic acids is 1. The summed E-state index contributed by atoms with van der Waals surface area (Å²) in [5, 5.41) is 8.93. The van der Waals surface area contributed by atoms with E-state index in [0.717, 1.165) is 31.7 Å². The van der Waals surface area contributed by atoms with Gasteiger partial charge < -0.3 is 14.9 Å². The van der Waals surface area contributed by atoms with Crippen LogP contribution in [0.25, 0.3) is 0 Å². The van der Waals surface area contributed by atoms with E-state index in [4.69, 9.17) is 5.11 Å². The minimum Gasteiger partial charge on any atom is -0.481 e. The second-order valence-corrected chi connectivity index (χ2v) is 5.78. The van der Waals surface area contributed by atoms with Crippen molar-refractivity contribution in [3.05, 3.63) is 18.6 Å². The van der Waals surface area contributed by atoms with Crippen molar-refractivity contribution >= 4 is 17.7 Å². The van der Waals surface area contributed by atoms with Crippen molar-refractivity contribution in [1.29, 1.82) is 0 Å². The number of carbonyl (C=O) groups is 2. The van der Waals surface area contributed by atoms with Gasteiger partial charge in [0.05, 0.1) is 12.1 Å². The van der Waals surface area contributed by atoms with E-state index in [1.165, 1.54) is 0 Å². The number of nitrogens with zero attached hydrogens (tertiary/aromatic N) is 4. The van der Waals surface area contributed by atoms with E-state index < -0.39 is 11.9 Å². The molecule has 1 aromatic rings. The lowest BCUT2D eigenvalue weighted by Gasteiger charge is -2.34. The van der Waals surface area contributed by atoms with Crippen molar-refractivity contribution in [1.82, 2.24) is 14.9 Å². The van der Waals surface area contributed by atoms with E-state index in [2.05, 4.69) is 14.9 Å². The summed E-state index contributed by atoms with van der Waals surface area (Å²) in [7, 11) is 1.68. The van der Waals surface area contributed by atoms with Gasteiger partial charge in [0, 0.05) is 45.0 Å². The summed E-state index contributed by atoms with van der Waals surface area (Å²) in [6, 6.07) is 0. The maximum Gasteiger partial charge on any atom is 0.308 e. The Morgan fingerprint density at radius 3 is 2.64 bits per heavy atom. The van der Waals surface area contributed by atoms with Crippen LogP contribution in [-0.4, -0.2) is 58.5 Å². The molecule has 7 nitrogen and oxygen atoms in total. The van der Waals surface area contributed by atoms with Gasteiger partial charge in [0.1, 0.15) is 5.82 Å². The van der Waals surface area contributed by atoms with Crippen LogP contribution in [0.3, 0.4) is 0 Å². The highest BCUT2D eigenvalue weighted by atomic mass is 16.4. The van der Waals surface area contributed by atoms with Crippen LogP contribution in [0, 0.1) is 11.8 Å². The van der Waals surface area contributed by atoms with Crippen molar-refractivity contribution in [2.75, 3.05) is 31.6 Å². The lowest BCUT2D eigenvalue weighted by Crippen LogP contribution is -2.43. The Bertz CT molecular complexity index is 515. The number of rotatable bonds is 5. The molecule has 1 unspecified atom stereocenters. The standard InChI is InChI=1S/C15H22N4O3/c1-11(15(21)22)10-18(2)14(20)12-3-7-19(8-4-12)13-9-16-5-6-17-13/h5-6,9,11-12H,3-4,7-8,10H2,1-2H3,(H,21,22). The number of hydrogen-bond donors (Lipinski definition) is 1. The lowest BCUT2D eigenvalue weighted by molar-refractivity contribution is -0.143. The molecule has 0 radical (unpaired) electrons. The molecule has 1 atom stereocenters. The van der Waals surface area contributed by atoms with Crippen LogP contribution in [0.15, 0.2) is 18.6 Å². The molecule has 1 aromatic heterocycles. The van der Waals surface area contributed by atoms with Crippen molar-refractivity contribution < 1.29 is 14.7 Å². The Balaban J connectivity index is 1.86. The summed E-state index contributed by atoms with van der Waals surface area (Å²) in [6.07, 6.45) is 6.53. The van der Waals surface area contributed by atoms with Crippen LogP contribution >= 0.6 is 0 Å². The molecule has 22 heavy (non-hydrogen) atoms. The molecule has 2 heterocycles. The van der Waals surface area contributed by atoms with Crippen LogP contribution in [0.4, 0.5) is 5.82 Å². The highest BCUT2D eigenvalue weighted by Gasteiger charge is 2.28. The maximum absolute atomic E-state index is 12.4. The molecule has 1 aliphatic heterocycles. The summed E-state index contributed by atoms with van der Waals surface area (Å²) < 4.78 is 0. The number of carboxylic acid groups (broad SMARTS) is 1. The third-order valence-electron chi connectivity index (χ3n) is 4.06. The van der Waals surface area contributed by atoms with E-state index in [9.17, 15) is 9.59 Å². The molecule has 7 heteroatoms. The molecular formula is C15H22N4O3. The molecule has 1 fully saturated rings. The first-order valence-electron chi connectivity index (χ1n) is 7.47. The predicted molar refractivity (Wildman–Crippen MR) is 81.4 cm³/mol. The first kappa shape index (κ1) is 16.2. The molecule has 0 aromatic carbocycles. The van der Waals surface area contributed by atoms with E-state index in [0.29, 0.717) is 0 Å². The van der Waals surface area contributed by atoms with E-state index >= 15 is 0 Å². The van der Waals surface area contributed by atoms with Gasteiger partial charge in [-0.2, -0.15) is 0 Å². The molecule has 1 aliphatic rings. The van der Waals surface area contributed by atoms with Gasteiger partial charge in [-0.25, -0.2) is 4.98 Å². The number of aromatic nitrogens is 2. The minimum atomic E-state index is -0.878. The summed E-state index contributed by atoms with van der Waals surface area (Å²) in [5.74, 6) is -0.599. The van der Waals surface area contributed by atoms with E-state index in [1.54, 1.807) is 37.5 Å². The maximum atomic E-state index is 12.4. The van der Waals surface area contributed by atoms with E-state index in [-0.39, 0.29) is 18.4 Å². The molecule has 0 saturated carbocycles. The van der Waals surface area contributed by atoms with Crippen LogP contribution < -0.4 is 4.90 Å². The third kappa shape index (κ3) is 3.93. The van der Waals surface area contributed by atoms with E-state index in [1.807, 2.05) is 0 Å². The van der Waals surface area contributed by atoms with Crippen LogP contribution in [0.2, 0.25) is 0 Å². The highest BCUT2D eigenvalue weighted by Crippen LogP contribution is 2.22. The number of piperidine rings is 1. The molecule has 1 amide bonds. The Hall–Kier alpha value is -2.18. The van der Waals surface area contributed by atoms with Crippen molar-refractivity contribution in [3.8, 4) is 0 Å². The lowest BCUT2D eigenvalue weighted by atomic mass is 9.95. The Kier molecular flexibility index (Phi) is 5.30. The molecular weight excluding hydrogens is 284 g/mol. The summed E-state index contributed by atoms with van der Waals surface area (Å²) in [4.78, 5) is 35.3. The average molecular weight is 306 g/mol. The second kappa shape index (κ2) is 7.20. The highest BCUT2D eigenvalue weighted by molar-refractivity contribution is 5.79. The Labute approximate surface area is 130 Å². The zero-order valence-corrected chi connectivity index (χ0v) is 13.0. The first-order valence-corrected chi connectivity index (χ1v) is 7.47. The summed E-state index contributed by atoms with van der Waals surface area (Å²) >= 11 is 0. The Morgan fingerprint density at radius 1 is 1.41 bits per heavy atom. The molecule has 120 valence electrons. The fraction of sp³-hybridized carbons (Fsp3) is 0.600. The van der Waals surface area contributed by atoms with Gasteiger partial charge in [-0.05, 0) is 12.8 Å². The number of amides is 1. The molecule has 0 spiro atoms. The molecule has 0 bridgehead atoms. The number of carboxylic acids is 1. The van der Waals surface area contributed by atoms with Gasteiger partial charge in [0.25, 0.3) is 0 Å². The third-order valence-corrected chi connectivity index (χ3v) is 4.06. The molecule has 1 N–H and O–H groups in total. The minimum absolute atomic E-state index is 0.0342. The summed E-state index contributed by atoms with van der Waals surface area (Å²) in [6.45, 7) is 3.39. The predicted octanol–water partition coefficient (Wildman–Crippen LogP) is 0.872. The van der Waals surface area contributed by atoms with Crippen molar-refractivity contribution in [2.24, 2.45) is 11.8 Å². The molecule has 1 saturated heterocycles. The van der Waals surface area contributed by atoms with Gasteiger partial charge in [-0.1, -0.05) is 6.92 Å². The number of anilines is 1. The zero-order valence-electron chi connectivity index (χ0n) is 13.0. The van der Waals surface area contributed by atoms with Crippen molar-refractivity contribution in [2.45, 2.75) is 19.8 Å². The van der Waals surface area contributed by atoms with Gasteiger partial charge in [-0.3, -0.25) is 14.6 Å². The van der Waals surface area contributed by atoms with Gasteiger partial charge in [-0.15, -0.1) is 0 Å². The normalized spacial score (nSPS) is 17.1. The number of hydrogen-bond acceptors (Lipinski definition) is 5. The second-order valence-electron chi connectivity index (χ2n) is 5.78. The fourth-order valence-electron chi connectivity index (χ4n) is 2.70. The quantitative estimate of drug-likeness (QED) is 0.868. The van der Waals surface area contributed by atoms with Gasteiger partial charge >= 0.3 is 5.97 Å². The van der Waals surface area contributed by atoms with Crippen LogP contribution in [-0.2, 0) is 9.59 Å². The van der Waals surface area contributed by atoms with Gasteiger partial charge in [0.15, 0.2) is 0 Å². The molecule has 0 aliphatic carbocycles.